The number of hydrogen-bond donors (Lipinski definition) is 2. The van der Waals surface area contributed by atoms with Crippen molar-refractivity contribution < 1.29 is 13.6 Å². The maximum atomic E-state index is 13.7. The molecule has 21 heavy (non-hydrogen) atoms. The highest BCUT2D eigenvalue weighted by Gasteiger charge is 2.15. The SMILES string of the molecule is Cc1ccc(C(=O)Nc2cccc(F)c2C(N)=S)cc1F. The van der Waals surface area contributed by atoms with E-state index in [9.17, 15) is 13.6 Å². The number of amides is 1. The lowest BCUT2D eigenvalue weighted by Crippen LogP contribution is -2.19. The van der Waals surface area contributed by atoms with Crippen LogP contribution in [0.25, 0.3) is 0 Å². The Bertz CT molecular complexity index is 732. The fraction of sp³-hybridized carbons (Fsp3) is 0.0667. The van der Waals surface area contributed by atoms with Crippen molar-refractivity contribution in [2.45, 2.75) is 6.92 Å². The van der Waals surface area contributed by atoms with Crippen LogP contribution in [0.2, 0.25) is 0 Å². The third-order valence-electron chi connectivity index (χ3n) is 2.94. The van der Waals surface area contributed by atoms with Gasteiger partial charge < -0.3 is 11.1 Å². The highest BCUT2D eigenvalue weighted by atomic mass is 32.1. The van der Waals surface area contributed by atoms with Crippen molar-refractivity contribution in [1.29, 1.82) is 0 Å². The quantitative estimate of drug-likeness (QED) is 0.857. The van der Waals surface area contributed by atoms with Crippen molar-refractivity contribution in [3.63, 3.8) is 0 Å². The van der Waals surface area contributed by atoms with Crippen LogP contribution in [0.3, 0.4) is 0 Å². The van der Waals surface area contributed by atoms with E-state index in [-0.39, 0.29) is 21.8 Å². The van der Waals surface area contributed by atoms with Crippen molar-refractivity contribution in [3.8, 4) is 0 Å². The largest absolute Gasteiger partial charge is 0.389 e. The zero-order valence-electron chi connectivity index (χ0n) is 11.1. The summed E-state index contributed by atoms with van der Waals surface area (Å²) in [6.45, 7) is 1.59. The van der Waals surface area contributed by atoms with Gasteiger partial charge in [0.15, 0.2) is 0 Å². The number of carbonyl (C=O) groups excluding carboxylic acids is 1. The summed E-state index contributed by atoms with van der Waals surface area (Å²) in [7, 11) is 0. The van der Waals surface area contributed by atoms with Gasteiger partial charge >= 0.3 is 0 Å². The van der Waals surface area contributed by atoms with Crippen LogP contribution in [0.1, 0.15) is 21.5 Å². The van der Waals surface area contributed by atoms with Crippen molar-refractivity contribution in [2.24, 2.45) is 5.73 Å². The van der Waals surface area contributed by atoms with Gasteiger partial charge in [0.05, 0.1) is 11.3 Å². The molecule has 2 aromatic carbocycles. The molecule has 0 aromatic heterocycles. The molecular weight excluding hydrogens is 294 g/mol. The van der Waals surface area contributed by atoms with E-state index in [0.717, 1.165) is 6.07 Å². The summed E-state index contributed by atoms with van der Waals surface area (Å²) in [6.07, 6.45) is 0. The van der Waals surface area contributed by atoms with Gasteiger partial charge in [-0.05, 0) is 36.8 Å². The van der Waals surface area contributed by atoms with E-state index >= 15 is 0 Å². The fourth-order valence-electron chi connectivity index (χ4n) is 1.81. The zero-order chi connectivity index (χ0) is 15.6. The predicted molar refractivity (Wildman–Crippen MR) is 81.4 cm³/mol. The number of anilines is 1. The summed E-state index contributed by atoms with van der Waals surface area (Å²) in [5.74, 6) is -1.69. The Hall–Kier alpha value is -2.34. The van der Waals surface area contributed by atoms with Crippen LogP contribution in [0, 0.1) is 18.6 Å². The van der Waals surface area contributed by atoms with Crippen LogP contribution in [-0.4, -0.2) is 10.9 Å². The van der Waals surface area contributed by atoms with Crippen LogP contribution in [-0.2, 0) is 0 Å². The second-order valence-electron chi connectivity index (χ2n) is 4.44. The lowest BCUT2D eigenvalue weighted by molar-refractivity contribution is 0.102. The first-order valence-electron chi connectivity index (χ1n) is 6.06. The van der Waals surface area contributed by atoms with Crippen LogP contribution >= 0.6 is 12.2 Å². The summed E-state index contributed by atoms with van der Waals surface area (Å²) < 4.78 is 27.2. The minimum absolute atomic E-state index is 0.0477. The lowest BCUT2D eigenvalue weighted by Gasteiger charge is -2.11. The second kappa shape index (κ2) is 5.97. The van der Waals surface area contributed by atoms with E-state index in [0.29, 0.717) is 5.56 Å². The number of benzene rings is 2. The van der Waals surface area contributed by atoms with Gasteiger partial charge in [-0.1, -0.05) is 24.4 Å². The van der Waals surface area contributed by atoms with Crippen molar-refractivity contribution in [3.05, 3.63) is 64.7 Å². The molecule has 0 bridgehead atoms. The first kappa shape index (κ1) is 15.1. The Morgan fingerprint density at radius 2 is 1.90 bits per heavy atom. The van der Waals surface area contributed by atoms with E-state index in [4.69, 9.17) is 18.0 Å². The number of hydrogen-bond acceptors (Lipinski definition) is 2. The van der Waals surface area contributed by atoms with Crippen molar-refractivity contribution in [1.82, 2.24) is 0 Å². The summed E-state index contributed by atoms with van der Waals surface area (Å²) in [5.41, 5.74) is 6.11. The molecule has 108 valence electrons. The van der Waals surface area contributed by atoms with Crippen LogP contribution in [0.4, 0.5) is 14.5 Å². The van der Waals surface area contributed by atoms with Crippen LogP contribution in [0.5, 0.6) is 0 Å². The molecule has 6 heteroatoms. The number of aryl methyl sites for hydroxylation is 1. The molecule has 2 aromatic rings. The maximum Gasteiger partial charge on any atom is 0.255 e. The van der Waals surface area contributed by atoms with E-state index < -0.39 is 17.5 Å². The van der Waals surface area contributed by atoms with Gasteiger partial charge in [-0.3, -0.25) is 4.79 Å². The van der Waals surface area contributed by atoms with Gasteiger partial charge in [0.1, 0.15) is 16.6 Å². The first-order valence-corrected chi connectivity index (χ1v) is 6.47. The Kier molecular flexibility index (Phi) is 4.28. The summed E-state index contributed by atoms with van der Waals surface area (Å²) in [5, 5.41) is 2.48. The average Bonchev–Trinajstić information content (AvgIpc) is 2.41. The summed E-state index contributed by atoms with van der Waals surface area (Å²) in [4.78, 5) is 11.9. The molecule has 0 atom stereocenters. The third-order valence-corrected chi connectivity index (χ3v) is 3.15. The molecule has 0 radical (unpaired) electrons. The molecule has 0 saturated carbocycles. The predicted octanol–water partition coefficient (Wildman–Crippen LogP) is 3.16. The Morgan fingerprint density at radius 3 is 2.52 bits per heavy atom. The van der Waals surface area contributed by atoms with E-state index in [2.05, 4.69) is 5.32 Å². The molecule has 0 aliphatic heterocycles. The topological polar surface area (TPSA) is 55.1 Å². The number of nitrogens with one attached hydrogen (secondary N) is 1. The monoisotopic (exact) mass is 306 g/mol. The summed E-state index contributed by atoms with van der Waals surface area (Å²) >= 11 is 4.77. The molecule has 3 N–H and O–H groups in total. The lowest BCUT2D eigenvalue weighted by atomic mass is 10.1. The fourth-order valence-corrected chi connectivity index (χ4v) is 2.01. The number of rotatable bonds is 3. The van der Waals surface area contributed by atoms with Crippen LogP contribution in [0.15, 0.2) is 36.4 Å². The van der Waals surface area contributed by atoms with Gasteiger partial charge in [0, 0.05) is 5.56 Å². The minimum atomic E-state index is -0.629. The van der Waals surface area contributed by atoms with Gasteiger partial charge in [0.2, 0.25) is 0 Å². The highest BCUT2D eigenvalue weighted by Crippen LogP contribution is 2.20. The van der Waals surface area contributed by atoms with Gasteiger partial charge in [0.25, 0.3) is 5.91 Å². The van der Waals surface area contributed by atoms with Gasteiger partial charge in [-0.15, -0.1) is 0 Å². The molecule has 0 heterocycles. The van der Waals surface area contributed by atoms with E-state index in [1.807, 2.05) is 0 Å². The Labute approximate surface area is 125 Å². The molecule has 1 amide bonds. The molecule has 3 nitrogen and oxygen atoms in total. The average molecular weight is 306 g/mol. The van der Waals surface area contributed by atoms with E-state index in [1.54, 1.807) is 6.92 Å². The molecular formula is C15H12F2N2OS. The van der Waals surface area contributed by atoms with Crippen LogP contribution < -0.4 is 11.1 Å². The van der Waals surface area contributed by atoms with Gasteiger partial charge in [-0.2, -0.15) is 0 Å². The molecule has 0 unspecified atom stereocenters. The Morgan fingerprint density at radius 1 is 1.19 bits per heavy atom. The maximum absolute atomic E-state index is 13.7. The summed E-state index contributed by atoms with van der Waals surface area (Å²) in [6, 6.07) is 8.17. The highest BCUT2D eigenvalue weighted by molar-refractivity contribution is 7.80. The number of carbonyl (C=O) groups is 1. The first-order chi connectivity index (χ1) is 9.90. The molecule has 2 rings (SSSR count). The zero-order valence-corrected chi connectivity index (χ0v) is 11.9. The Balaban J connectivity index is 2.34. The molecule has 0 saturated heterocycles. The second-order valence-corrected chi connectivity index (χ2v) is 4.88. The molecule has 0 aliphatic rings. The molecule has 0 aliphatic carbocycles. The third kappa shape index (κ3) is 3.22. The number of halogens is 2. The molecule has 0 spiro atoms. The minimum Gasteiger partial charge on any atom is -0.389 e. The molecule has 0 fully saturated rings. The number of thiocarbonyl (C=S) groups is 1. The van der Waals surface area contributed by atoms with Crippen molar-refractivity contribution in [2.75, 3.05) is 5.32 Å². The standard InChI is InChI=1S/C15H12F2N2OS/c1-8-5-6-9(7-11(8)17)15(20)19-12-4-2-3-10(16)13(12)14(18)21/h2-7H,1H3,(H2,18,21)(H,19,20). The van der Waals surface area contributed by atoms with Gasteiger partial charge in [-0.25, -0.2) is 8.78 Å². The van der Waals surface area contributed by atoms with Crippen molar-refractivity contribution >= 4 is 28.8 Å². The normalized spacial score (nSPS) is 10.2. The smallest absolute Gasteiger partial charge is 0.255 e. The number of nitrogens with two attached hydrogens (primary N) is 1. The van der Waals surface area contributed by atoms with E-state index in [1.165, 1.54) is 30.3 Å².